The van der Waals surface area contributed by atoms with Crippen molar-refractivity contribution in [3.63, 3.8) is 0 Å². The lowest BCUT2D eigenvalue weighted by Crippen LogP contribution is -2.27. The number of hydrogen-bond acceptors (Lipinski definition) is 3. The quantitative estimate of drug-likeness (QED) is 0.847. The summed E-state index contributed by atoms with van der Waals surface area (Å²) in [6.07, 6.45) is -0.434. The monoisotopic (exact) mass is 277 g/mol. The molecule has 0 aromatic carbocycles. The number of halogens is 1. The predicted octanol–water partition coefficient (Wildman–Crippen LogP) is 3.86. The zero-order valence-corrected chi connectivity index (χ0v) is 10.7. The van der Waals surface area contributed by atoms with Crippen LogP contribution in [0.15, 0.2) is 15.2 Å². The number of ether oxygens (including phenoxy) is 1. The highest BCUT2D eigenvalue weighted by Gasteiger charge is 2.16. The van der Waals surface area contributed by atoms with E-state index in [1.807, 2.05) is 31.5 Å². The van der Waals surface area contributed by atoms with Crippen molar-refractivity contribution in [1.82, 2.24) is 0 Å². The number of thiophene rings is 1. The van der Waals surface area contributed by atoms with Gasteiger partial charge in [0, 0.05) is 10.8 Å². The van der Waals surface area contributed by atoms with Crippen molar-refractivity contribution in [3.8, 4) is 0 Å². The molecule has 0 spiro atoms. The van der Waals surface area contributed by atoms with E-state index < -0.39 is 11.7 Å². The summed E-state index contributed by atoms with van der Waals surface area (Å²) in [6, 6.07) is 0. The topological polar surface area (TPSA) is 38.3 Å². The van der Waals surface area contributed by atoms with Gasteiger partial charge in [-0.2, -0.15) is 0 Å². The maximum absolute atomic E-state index is 11.3. The van der Waals surface area contributed by atoms with E-state index in [4.69, 9.17) is 4.74 Å². The van der Waals surface area contributed by atoms with Crippen LogP contribution in [0.1, 0.15) is 20.8 Å². The van der Waals surface area contributed by atoms with Gasteiger partial charge in [0.05, 0.1) is 10.2 Å². The van der Waals surface area contributed by atoms with Gasteiger partial charge in [0.15, 0.2) is 0 Å². The number of carbonyl (C=O) groups excluding carboxylic acids is 1. The Kier molecular flexibility index (Phi) is 3.55. The van der Waals surface area contributed by atoms with Gasteiger partial charge < -0.3 is 4.74 Å². The minimum absolute atomic E-state index is 0.434. The lowest BCUT2D eigenvalue weighted by molar-refractivity contribution is 0.0636. The minimum atomic E-state index is -0.466. The standard InChI is InChI=1S/C9H12BrNO2S/c1-9(2,3)13-8(12)11-7-5-14-4-6(7)10/h4-5H,1-3H3,(H,11,12). The Morgan fingerprint density at radius 1 is 1.50 bits per heavy atom. The molecule has 1 aromatic rings. The van der Waals surface area contributed by atoms with Crippen molar-refractivity contribution >= 4 is 39.0 Å². The highest BCUT2D eigenvalue weighted by atomic mass is 79.9. The van der Waals surface area contributed by atoms with E-state index in [9.17, 15) is 4.79 Å². The van der Waals surface area contributed by atoms with Crippen LogP contribution in [0.4, 0.5) is 10.5 Å². The van der Waals surface area contributed by atoms with Crippen molar-refractivity contribution in [2.24, 2.45) is 0 Å². The molecule has 1 heterocycles. The molecule has 78 valence electrons. The summed E-state index contributed by atoms with van der Waals surface area (Å²) < 4.78 is 5.97. The van der Waals surface area contributed by atoms with Gasteiger partial charge in [-0.3, -0.25) is 5.32 Å². The second kappa shape index (κ2) is 4.31. The summed E-state index contributed by atoms with van der Waals surface area (Å²) in [5.74, 6) is 0. The van der Waals surface area contributed by atoms with E-state index in [1.165, 1.54) is 11.3 Å². The van der Waals surface area contributed by atoms with Gasteiger partial charge in [-0.15, -0.1) is 11.3 Å². The third-order valence-electron chi connectivity index (χ3n) is 1.25. The molecular formula is C9H12BrNO2S. The van der Waals surface area contributed by atoms with Crippen LogP contribution >= 0.6 is 27.3 Å². The van der Waals surface area contributed by atoms with Gasteiger partial charge in [0.2, 0.25) is 0 Å². The van der Waals surface area contributed by atoms with Gasteiger partial charge in [0.1, 0.15) is 5.60 Å². The second-order valence-electron chi connectivity index (χ2n) is 3.76. The Balaban J connectivity index is 2.54. The number of hydrogen-bond donors (Lipinski definition) is 1. The summed E-state index contributed by atoms with van der Waals surface area (Å²) in [6.45, 7) is 5.49. The highest BCUT2D eigenvalue weighted by molar-refractivity contribution is 9.10. The van der Waals surface area contributed by atoms with Crippen LogP contribution in [-0.2, 0) is 4.74 Å². The number of nitrogens with one attached hydrogen (secondary N) is 1. The first kappa shape index (κ1) is 11.5. The van der Waals surface area contributed by atoms with Crippen LogP contribution in [0.2, 0.25) is 0 Å². The molecule has 0 aliphatic rings. The van der Waals surface area contributed by atoms with Crippen molar-refractivity contribution in [2.75, 3.05) is 5.32 Å². The molecule has 0 saturated heterocycles. The molecular weight excluding hydrogens is 266 g/mol. The normalized spacial score (nSPS) is 11.1. The molecule has 0 fully saturated rings. The number of rotatable bonds is 1. The predicted molar refractivity (Wildman–Crippen MR) is 61.9 cm³/mol. The third kappa shape index (κ3) is 3.67. The molecule has 0 radical (unpaired) electrons. The fraction of sp³-hybridized carbons (Fsp3) is 0.444. The molecule has 14 heavy (non-hydrogen) atoms. The zero-order valence-electron chi connectivity index (χ0n) is 8.26. The van der Waals surface area contributed by atoms with Gasteiger partial charge >= 0.3 is 6.09 Å². The molecule has 1 amide bonds. The molecule has 1 aromatic heterocycles. The summed E-state index contributed by atoms with van der Waals surface area (Å²) in [4.78, 5) is 11.3. The first-order valence-corrected chi connectivity index (χ1v) is 5.84. The first-order chi connectivity index (χ1) is 6.38. The second-order valence-corrected chi connectivity index (χ2v) is 5.36. The van der Waals surface area contributed by atoms with Crippen LogP contribution < -0.4 is 5.32 Å². The number of amides is 1. The van der Waals surface area contributed by atoms with Crippen molar-refractivity contribution < 1.29 is 9.53 Å². The highest BCUT2D eigenvalue weighted by Crippen LogP contribution is 2.26. The molecule has 0 aliphatic carbocycles. The van der Waals surface area contributed by atoms with E-state index in [2.05, 4.69) is 21.2 Å². The summed E-state index contributed by atoms with van der Waals surface area (Å²) in [5.41, 5.74) is 0.274. The van der Waals surface area contributed by atoms with Crippen molar-refractivity contribution in [1.29, 1.82) is 0 Å². The largest absolute Gasteiger partial charge is 0.444 e. The van der Waals surface area contributed by atoms with Crippen LogP contribution in [0.5, 0.6) is 0 Å². The Morgan fingerprint density at radius 2 is 2.14 bits per heavy atom. The lowest BCUT2D eigenvalue weighted by atomic mass is 10.2. The van der Waals surface area contributed by atoms with E-state index >= 15 is 0 Å². The smallest absolute Gasteiger partial charge is 0.412 e. The average Bonchev–Trinajstić information content (AvgIpc) is 2.32. The molecule has 3 nitrogen and oxygen atoms in total. The van der Waals surface area contributed by atoms with E-state index in [0.29, 0.717) is 0 Å². The molecule has 1 rings (SSSR count). The fourth-order valence-corrected chi connectivity index (χ4v) is 2.11. The SMILES string of the molecule is CC(C)(C)OC(=O)Nc1cscc1Br. The van der Waals surface area contributed by atoms with Gasteiger partial charge in [-0.1, -0.05) is 0 Å². The van der Waals surface area contributed by atoms with Crippen molar-refractivity contribution in [3.05, 3.63) is 15.2 Å². The minimum Gasteiger partial charge on any atom is -0.444 e. The molecule has 0 saturated carbocycles. The fourth-order valence-electron chi connectivity index (χ4n) is 0.784. The first-order valence-electron chi connectivity index (χ1n) is 4.10. The maximum atomic E-state index is 11.3. The summed E-state index contributed by atoms with van der Waals surface area (Å²) >= 11 is 4.82. The van der Waals surface area contributed by atoms with E-state index in [0.717, 1.165) is 10.2 Å². The van der Waals surface area contributed by atoms with E-state index in [1.54, 1.807) is 0 Å². The van der Waals surface area contributed by atoms with Crippen LogP contribution in [0, 0.1) is 0 Å². The average molecular weight is 278 g/mol. The Labute approximate surface area is 95.6 Å². The van der Waals surface area contributed by atoms with Crippen LogP contribution in [-0.4, -0.2) is 11.7 Å². The maximum Gasteiger partial charge on any atom is 0.412 e. The van der Waals surface area contributed by atoms with Crippen LogP contribution in [0.3, 0.4) is 0 Å². The molecule has 5 heteroatoms. The van der Waals surface area contributed by atoms with Gasteiger partial charge in [-0.05, 0) is 36.7 Å². The van der Waals surface area contributed by atoms with Gasteiger partial charge in [-0.25, -0.2) is 4.79 Å². The molecule has 0 bridgehead atoms. The molecule has 0 aliphatic heterocycles. The summed E-state index contributed by atoms with van der Waals surface area (Å²) in [5, 5.41) is 6.39. The van der Waals surface area contributed by atoms with Crippen molar-refractivity contribution in [2.45, 2.75) is 26.4 Å². The van der Waals surface area contributed by atoms with Crippen LogP contribution in [0.25, 0.3) is 0 Å². The zero-order chi connectivity index (χ0) is 10.8. The number of anilines is 1. The number of carbonyl (C=O) groups is 1. The molecule has 0 atom stereocenters. The Hall–Kier alpha value is -0.550. The Morgan fingerprint density at radius 3 is 2.57 bits per heavy atom. The van der Waals surface area contributed by atoms with Gasteiger partial charge in [0.25, 0.3) is 0 Å². The molecule has 0 unspecified atom stereocenters. The molecule has 1 N–H and O–H groups in total. The third-order valence-corrected chi connectivity index (χ3v) is 2.95. The van der Waals surface area contributed by atoms with E-state index in [-0.39, 0.29) is 0 Å². The Bertz CT molecular complexity index is 330. The summed E-state index contributed by atoms with van der Waals surface area (Å²) in [7, 11) is 0. The lowest BCUT2D eigenvalue weighted by Gasteiger charge is -2.19.